The third kappa shape index (κ3) is 10.6. The molecule has 1 heterocycles. The van der Waals surface area contributed by atoms with Gasteiger partial charge in [-0.15, -0.1) is 10.2 Å². The number of rotatable bonds is 19. The number of amides is 1. The van der Waals surface area contributed by atoms with Crippen molar-refractivity contribution < 1.29 is 9.53 Å². The fourth-order valence-electron chi connectivity index (χ4n) is 4.83. The molecule has 7 heteroatoms. The fraction of sp³-hybridized carbons (Fsp3) is 0.545. The van der Waals surface area contributed by atoms with E-state index < -0.39 is 0 Å². The summed E-state index contributed by atoms with van der Waals surface area (Å²) in [5.41, 5.74) is 3.33. The SMILES string of the molecule is CCCCCCCCCCCCCC(=O)NC(C)c1nnc(SCc2cccc(OC)c2)n1-c1ccc(C)cc1. The molecule has 2 aromatic carbocycles. The lowest BCUT2D eigenvalue weighted by atomic mass is 10.1. The van der Waals surface area contributed by atoms with E-state index in [2.05, 4.69) is 64.3 Å². The number of nitrogens with one attached hydrogen (secondary N) is 1. The van der Waals surface area contributed by atoms with Crippen LogP contribution < -0.4 is 10.1 Å². The molecular weight excluding hydrogens is 516 g/mol. The van der Waals surface area contributed by atoms with Gasteiger partial charge in [-0.1, -0.05) is 113 Å². The summed E-state index contributed by atoms with van der Waals surface area (Å²) in [4.78, 5) is 12.8. The number of nitrogens with zero attached hydrogens (tertiary/aromatic N) is 3. The summed E-state index contributed by atoms with van der Waals surface area (Å²) in [5.74, 6) is 2.39. The van der Waals surface area contributed by atoms with Crippen LogP contribution in [0.1, 0.15) is 114 Å². The first-order chi connectivity index (χ1) is 19.5. The zero-order chi connectivity index (χ0) is 28.6. The van der Waals surface area contributed by atoms with Crippen LogP contribution in [0.2, 0.25) is 0 Å². The second-order valence-corrected chi connectivity index (χ2v) is 11.7. The number of ether oxygens (including phenoxy) is 1. The molecule has 0 aliphatic heterocycles. The fourth-order valence-corrected chi connectivity index (χ4v) is 5.73. The maximum Gasteiger partial charge on any atom is 0.220 e. The van der Waals surface area contributed by atoms with Crippen LogP contribution in [0.25, 0.3) is 5.69 Å². The van der Waals surface area contributed by atoms with E-state index in [1.165, 1.54) is 63.4 Å². The minimum atomic E-state index is -0.250. The van der Waals surface area contributed by atoms with Gasteiger partial charge in [-0.25, -0.2) is 0 Å². The number of carbonyl (C=O) groups excluding carboxylic acids is 1. The van der Waals surface area contributed by atoms with Crippen molar-refractivity contribution in [3.8, 4) is 11.4 Å². The van der Waals surface area contributed by atoms with Gasteiger partial charge in [-0.2, -0.15) is 0 Å². The van der Waals surface area contributed by atoms with Crippen LogP contribution in [0.3, 0.4) is 0 Å². The van der Waals surface area contributed by atoms with Crippen LogP contribution in [0, 0.1) is 6.92 Å². The molecule has 40 heavy (non-hydrogen) atoms. The van der Waals surface area contributed by atoms with Crippen LogP contribution in [-0.4, -0.2) is 27.8 Å². The van der Waals surface area contributed by atoms with E-state index in [1.807, 2.05) is 25.1 Å². The number of aryl methyl sites for hydroxylation is 1. The number of methoxy groups -OCH3 is 1. The van der Waals surface area contributed by atoms with Crippen molar-refractivity contribution in [2.24, 2.45) is 0 Å². The number of benzene rings is 2. The number of thioether (sulfide) groups is 1. The maximum absolute atomic E-state index is 12.8. The molecule has 0 fully saturated rings. The molecule has 0 aliphatic rings. The van der Waals surface area contributed by atoms with Gasteiger partial charge in [0.2, 0.25) is 5.91 Å². The molecule has 1 atom stereocenters. The first-order valence-corrected chi connectivity index (χ1v) is 16.1. The molecule has 0 aliphatic carbocycles. The highest BCUT2D eigenvalue weighted by molar-refractivity contribution is 7.98. The molecule has 3 rings (SSSR count). The number of hydrogen-bond acceptors (Lipinski definition) is 5. The summed E-state index contributed by atoms with van der Waals surface area (Å²) in [5, 5.41) is 13.0. The minimum Gasteiger partial charge on any atom is -0.497 e. The average Bonchev–Trinajstić information content (AvgIpc) is 3.39. The third-order valence-electron chi connectivity index (χ3n) is 7.22. The highest BCUT2D eigenvalue weighted by Crippen LogP contribution is 2.29. The Morgan fingerprint density at radius 3 is 2.23 bits per heavy atom. The predicted octanol–water partition coefficient (Wildman–Crippen LogP) is 8.75. The molecule has 1 N–H and O–H groups in total. The number of hydrogen-bond donors (Lipinski definition) is 1. The van der Waals surface area contributed by atoms with Crippen molar-refractivity contribution in [2.45, 2.75) is 115 Å². The van der Waals surface area contributed by atoms with Gasteiger partial charge < -0.3 is 10.1 Å². The maximum atomic E-state index is 12.8. The van der Waals surface area contributed by atoms with Gasteiger partial charge in [0.1, 0.15) is 5.75 Å². The van der Waals surface area contributed by atoms with Crippen molar-refractivity contribution in [3.63, 3.8) is 0 Å². The van der Waals surface area contributed by atoms with E-state index in [9.17, 15) is 4.79 Å². The summed E-state index contributed by atoms with van der Waals surface area (Å²) in [7, 11) is 1.68. The van der Waals surface area contributed by atoms with Crippen LogP contribution in [-0.2, 0) is 10.5 Å². The van der Waals surface area contributed by atoms with Crippen LogP contribution >= 0.6 is 11.8 Å². The normalized spacial score (nSPS) is 11.9. The highest BCUT2D eigenvalue weighted by atomic mass is 32.2. The van der Waals surface area contributed by atoms with Gasteiger partial charge in [0.05, 0.1) is 13.2 Å². The molecule has 3 aromatic rings. The molecule has 218 valence electrons. The Labute approximate surface area is 245 Å². The second-order valence-electron chi connectivity index (χ2n) is 10.7. The lowest BCUT2D eigenvalue weighted by Crippen LogP contribution is -2.28. The second kappa shape index (κ2) is 17.8. The molecule has 0 bridgehead atoms. The molecule has 0 saturated heterocycles. The first-order valence-electron chi connectivity index (χ1n) is 15.1. The molecule has 0 radical (unpaired) electrons. The highest BCUT2D eigenvalue weighted by Gasteiger charge is 2.21. The quantitative estimate of drug-likeness (QED) is 0.116. The van der Waals surface area contributed by atoms with Crippen LogP contribution in [0.4, 0.5) is 0 Å². The Hall–Kier alpha value is -2.80. The van der Waals surface area contributed by atoms with Crippen molar-refractivity contribution in [2.75, 3.05) is 7.11 Å². The van der Waals surface area contributed by atoms with E-state index in [1.54, 1.807) is 18.9 Å². The lowest BCUT2D eigenvalue weighted by Gasteiger charge is -2.16. The van der Waals surface area contributed by atoms with E-state index in [0.717, 1.165) is 46.6 Å². The zero-order valence-corrected chi connectivity index (χ0v) is 25.8. The smallest absolute Gasteiger partial charge is 0.220 e. The summed E-state index contributed by atoms with van der Waals surface area (Å²) >= 11 is 1.63. The Bertz CT molecular complexity index is 1150. The van der Waals surface area contributed by atoms with E-state index in [0.29, 0.717) is 6.42 Å². The number of carbonyl (C=O) groups is 1. The third-order valence-corrected chi connectivity index (χ3v) is 8.22. The lowest BCUT2D eigenvalue weighted by molar-refractivity contribution is -0.121. The summed E-state index contributed by atoms with van der Waals surface area (Å²) in [6, 6.07) is 16.2. The standard InChI is InChI=1S/C33H48N4O2S/c1-5-6-7-8-9-10-11-12-13-14-15-19-31(38)34-27(3)32-35-36-33(37(32)29-22-20-26(2)21-23-29)40-25-28-17-16-18-30(24-28)39-4/h16-18,20-24,27H,5-15,19,25H2,1-4H3,(H,34,38). The Kier molecular flexibility index (Phi) is 14.1. The Balaban J connectivity index is 1.52. The van der Waals surface area contributed by atoms with E-state index >= 15 is 0 Å². The summed E-state index contributed by atoms with van der Waals surface area (Å²) in [6.45, 7) is 6.33. The first kappa shape index (κ1) is 31.7. The Morgan fingerprint density at radius 2 is 1.57 bits per heavy atom. The minimum absolute atomic E-state index is 0.0764. The van der Waals surface area contributed by atoms with Crippen molar-refractivity contribution in [1.29, 1.82) is 0 Å². The monoisotopic (exact) mass is 564 g/mol. The van der Waals surface area contributed by atoms with Crippen molar-refractivity contribution in [3.05, 3.63) is 65.5 Å². The largest absolute Gasteiger partial charge is 0.497 e. The van der Waals surface area contributed by atoms with Gasteiger partial charge in [-0.3, -0.25) is 9.36 Å². The molecule has 1 unspecified atom stereocenters. The Morgan fingerprint density at radius 1 is 0.925 bits per heavy atom. The van der Waals surface area contributed by atoms with Gasteiger partial charge in [0, 0.05) is 17.9 Å². The van der Waals surface area contributed by atoms with Gasteiger partial charge >= 0.3 is 0 Å². The summed E-state index contributed by atoms with van der Waals surface area (Å²) in [6.07, 6.45) is 14.6. The van der Waals surface area contributed by atoms with Crippen LogP contribution in [0.15, 0.2) is 53.7 Å². The number of aromatic nitrogens is 3. The molecular formula is C33H48N4O2S. The van der Waals surface area contributed by atoms with Crippen LogP contribution in [0.5, 0.6) is 5.75 Å². The van der Waals surface area contributed by atoms with Gasteiger partial charge in [0.25, 0.3) is 0 Å². The molecule has 1 aromatic heterocycles. The topological polar surface area (TPSA) is 69.0 Å². The number of unbranched alkanes of at least 4 members (excludes halogenated alkanes) is 10. The molecule has 0 saturated carbocycles. The average molecular weight is 565 g/mol. The molecule has 6 nitrogen and oxygen atoms in total. The van der Waals surface area contributed by atoms with Crippen molar-refractivity contribution in [1.82, 2.24) is 20.1 Å². The van der Waals surface area contributed by atoms with Crippen molar-refractivity contribution >= 4 is 17.7 Å². The molecule has 0 spiro atoms. The van der Waals surface area contributed by atoms with Gasteiger partial charge in [0.15, 0.2) is 11.0 Å². The summed E-state index contributed by atoms with van der Waals surface area (Å²) < 4.78 is 7.44. The van der Waals surface area contributed by atoms with Gasteiger partial charge in [-0.05, 0) is 50.1 Å². The van der Waals surface area contributed by atoms with E-state index in [-0.39, 0.29) is 11.9 Å². The molecule has 1 amide bonds. The van der Waals surface area contributed by atoms with E-state index in [4.69, 9.17) is 4.74 Å². The zero-order valence-electron chi connectivity index (χ0n) is 25.0. The predicted molar refractivity (Wildman–Crippen MR) is 166 cm³/mol.